The molecule has 6 aromatic heterocycles. The average Bonchev–Trinajstić information content (AvgIpc) is 3.73. The molecule has 0 fully saturated rings. The Morgan fingerprint density at radius 3 is 2.27 bits per heavy atom. The minimum absolute atomic E-state index is 0.659. The highest BCUT2D eigenvalue weighted by atomic mass is 16.5. The Morgan fingerprint density at radius 2 is 1.40 bits per heavy atom. The summed E-state index contributed by atoms with van der Waals surface area (Å²) in [7, 11) is 0. The number of benzene rings is 2. The molecule has 7 heteroatoms. The summed E-state index contributed by atoms with van der Waals surface area (Å²) in [5, 5.41) is 2.31. The van der Waals surface area contributed by atoms with E-state index in [1.165, 1.54) is 5.39 Å². The van der Waals surface area contributed by atoms with Crippen LogP contribution in [0.25, 0.3) is 50.2 Å². The lowest BCUT2D eigenvalue weighted by atomic mass is 10.1. The lowest BCUT2D eigenvalue weighted by Crippen LogP contribution is -1.97. The number of nitrogens with zero attached hydrogens (tertiary/aromatic N) is 6. The van der Waals surface area contributed by atoms with Gasteiger partial charge >= 0.3 is 0 Å². The van der Waals surface area contributed by atoms with E-state index in [1.807, 2.05) is 83.8 Å². The minimum atomic E-state index is 0.659. The number of ether oxygens (including phenoxy) is 1. The van der Waals surface area contributed by atoms with Crippen LogP contribution in [0.2, 0.25) is 0 Å². The molecule has 0 aliphatic heterocycles. The van der Waals surface area contributed by atoms with Gasteiger partial charge in [0.15, 0.2) is 0 Å². The number of aromatic nitrogens is 6. The summed E-state index contributed by atoms with van der Waals surface area (Å²) in [4.78, 5) is 13.9. The lowest BCUT2D eigenvalue weighted by molar-refractivity contribution is 0.481. The molecule has 0 saturated carbocycles. The van der Waals surface area contributed by atoms with Crippen LogP contribution in [0.5, 0.6) is 11.5 Å². The summed E-state index contributed by atoms with van der Waals surface area (Å²) in [6, 6.07) is 32.6. The van der Waals surface area contributed by atoms with Crippen molar-refractivity contribution in [2.24, 2.45) is 0 Å². The van der Waals surface area contributed by atoms with Gasteiger partial charge in [-0.25, -0.2) is 9.97 Å². The van der Waals surface area contributed by atoms with Crippen molar-refractivity contribution in [3.05, 3.63) is 134 Å². The Balaban J connectivity index is 1.35. The van der Waals surface area contributed by atoms with Gasteiger partial charge in [0, 0.05) is 53.4 Å². The van der Waals surface area contributed by atoms with Crippen LogP contribution in [0.1, 0.15) is 0 Å². The van der Waals surface area contributed by atoms with Crippen LogP contribution < -0.4 is 4.74 Å². The van der Waals surface area contributed by atoms with Crippen LogP contribution in [0.3, 0.4) is 0 Å². The average molecular weight is 519 g/mol. The minimum Gasteiger partial charge on any atom is -0.456 e. The third-order valence-corrected chi connectivity index (χ3v) is 7.14. The van der Waals surface area contributed by atoms with Crippen molar-refractivity contribution >= 4 is 33.1 Å². The first-order chi connectivity index (χ1) is 19.8. The Labute approximate surface area is 228 Å². The molecule has 8 aromatic rings. The molecule has 0 bridgehead atoms. The van der Waals surface area contributed by atoms with Crippen molar-refractivity contribution in [3.63, 3.8) is 0 Å². The summed E-state index contributed by atoms with van der Waals surface area (Å²) < 4.78 is 12.8. The number of pyridine rings is 2. The number of hydrogen-bond acceptors (Lipinski definition) is 4. The molecule has 0 atom stereocenters. The van der Waals surface area contributed by atoms with Crippen LogP contribution in [0.15, 0.2) is 134 Å². The molecular formula is C33H22N6O. The summed E-state index contributed by atoms with van der Waals surface area (Å²) in [5.41, 5.74) is 4.89. The number of imidazole rings is 1. The molecule has 0 saturated heterocycles. The molecule has 0 unspecified atom stereocenters. The Kier molecular flexibility index (Phi) is 4.99. The fourth-order valence-corrected chi connectivity index (χ4v) is 5.42. The molecule has 190 valence electrons. The normalized spacial score (nSPS) is 11.5. The van der Waals surface area contributed by atoms with Gasteiger partial charge in [0.1, 0.15) is 17.3 Å². The fraction of sp³-hybridized carbons (Fsp3) is 0. The van der Waals surface area contributed by atoms with Gasteiger partial charge in [-0.15, -0.1) is 0 Å². The fourth-order valence-electron chi connectivity index (χ4n) is 5.42. The van der Waals surface area contributed by atoms with Crippen LogP contribution in [-0.4, -0.2) is 28.3 Å². The van der Waals surface area contributed by atoms with Crippen LogP contribution in [0.4, 0.5) is 0 Å². The maximum absolute atomic E-state index is 6.62. The van der Waals surface area contributed by atoms with Gasteiger partial charge in [-0.1, -0.05) is 30.3 Å². The zero-order valence-electron chi connectivity index (χ0n) is 21.3. The maximum atomic E-state index is 6.62. The van der Waals surface area contributed by atoms with E-state index in [0.717, 1.165) is 44.8 Å². The maximum Gasteiger partial charge on any atom is 0.218 e. The summed E-state index contributed by atoms with van der Waals surface area (Å²) in [6.07, 6.45) is 11.3. The number of fused-ring (bicyclic) bond motifs is 6. The van der Waals surface area contributed by atoms with E-state index >= 15 is 0 Å². The van der Waals surface area contributed by atoms with Crippen LogP contribution in [-0.2, 0) is 0 Å². The third-order valence-electron chi connectivity index (χ3n) is 7.14. The summed E-state index contributed by atoms with van der Waals surface area (Å²) >= 11 is 0. The van der Waals surface area contributed by atoms with Crippen LogP contribution in [0, 0.1) is 0 Å². The van der Waals surface area contributed by atoms with Crippen molar-refractivity contribution in [3.8, 4) is 28.6 Å². The SMILES string of the molecule is c1ccc(-c2cc(Oc3ccc4c5ccccc5n(-c5ccccn5)c4c3)cn3ccnc3n3cccc23)nc1. The summed E-state index contributed by atoms with van der Waals surface area (Å²) in [6.45, 7) is 0. The Morgan fingerprint density at radius 1 is 0.575 bits per heavy atom. The Bertz CT molecular complexity index is 2190. The zero-order valence-corrected chi connectivity index (χ0v) is 21.3. The lowest BCUT2D eigenvalue weighted by Gasteiger charge is -2.10. The second-order valence-corrected chi connectivity index (χ2v) is 9.52. The highest BCUT2D eigenvalue weighted by Crippen LogP contribution is 2.35. The van der Waals surface area contributed by atoms with E-state index < -0.39 is 0 Å². The van der Waals surface area contributed by atoms with E-state index in [-0.39, 0.29) is 0 Å². The second kappa shape index (κ2) is 8.96. The van der Waals surface area contributed by atoms with E-state index in [9.17, 15) is 0 Å². The predicted molar refractivity (Wildman–Crippen MR) is 157 cm³/mol. The quantitative estimate of drug-likeness (QED) is 0.242. The highest BCUT2D eigenvalue weighted by molar-refractivity contribution is 6.09. The van der Waals surface area contributed by atoms with E-state index in [0.29, 0.717) is 11.5 Å². The standard InChI is InChI=1S/C33H22N6O/c1-2-10-30-25(8-1)26-14-13-23(21-31(26)39(30)32-12-4-6-16-35-32)40-24-20-27(28-9-3-5-15-34-28)29-11-7-18-38(29)33-36-17-19-37(33)22-24/h1-22H. The molecule has 0 spiro atoms. The van der Waals surface area contributed by atoms with Crippen molar-refractivity contribution in [1.29, 1.82) is 0 Å². The number of para-hydroxylation sites is 1. The first-order valence-electron chi connectivity index (χ1n) is 13.0. The third kappa shape index (κ3) is 3.56. The van der Waals surface area contributed by atoms with Gasteiger partial charge in [0.05, 0.1) is 28.4 Å². The Hall–Kier alpha value is -5.69. The molecular weight excluding hydrogens is 496 g/mol. The molecule has 2 aromatic carbocycles. The molecule has 6 heterocycles. The second-order valence-electron chi connectivity index (χ2n) is 9.52. The molecule has 7 nitrogen and oxygen atoms in total. The highest BCUT2D eigenvalue weighted by Gasteiger charge is 2.15. The van der Waals surface area contributed by atoms with Crippen molar-refractivity contribution in [2.75, 3.05) is 0 Å². The number of hydrogen-bond donors (Lipinski definition) is 0. The van der Waals surface area contributed by atoms with Gasteiger partial charge in [0.25, 0.3) is 0 Å². The number of rotatable bonds is 4. The molecule has 40 heavy (non-hydrogen) atoms. The molecule has 0 aliphatic rings. The van der Waals surface area contributed by atoms with Gasteiger partial charge in [-0.2, -0.15) is 0 Å². The van der Waals surface area contributed by atoms with Crippen molar-refractivity contribution in [1.82, 2.24) is 28.3 Å². The zero-order chi connectivity index (χ0) is 26.5. The molecule has 0 amide bonds. The van der Waals surface area contributed by atoms with E-state index in [2.05, 4.69) is 66.4 Å². The molecule has 0 radical (unpaired) electrons. The molecule has 0 N–H and O–H groups in total. The predicted octanol–water partition coefficient (Wildman–Crippen LogP) is 7.50. The summed E-state index contributed by atoms with van der Waals surface area (Å²) in [5.74, 6) is 3.01. The smallest absolute Gasteiger partial charge is 0.218 e. The largest absolute Gasteiger partial charge is 0.456 e. The van der Waals surface area contributed by atoms with E-state index in [4.69, 9.17) is 4.74 Å². The topological polar surface area (TPSA) is 61.7 Å². The van der Waals surface area contributed by atoms with Crippen LogP contribution >= 0.6 is 0 Å². The van der Waals surface area contributed by atoms with Crippen molar-refractivity contribution < 1.29 is 4.74 Å². The monoisotopic (exact) mass is 518 g/mol. The van der Waals surface area contributed by atoms with Gasteiger partial charge in [-0.05, 0) is 60.7 Å². The van der Waals surface area contributed by atoms with E-state index in [1.54, 1.807) is 12.4 Å². The van der Waals surface area contributed by atoms with Crippen molar-refractivity contribution in [2.45, 2.75) is 0 Å². The first kappa shape index (κ1) is 22.3. The van der Waals surface area contributed by atoms with Gasteiger partial charge in [-0.3, -0.25) is 18.4 Å². The molecule has 0 aliphatic carbocycles. The first-order valence-corrected chi connectivity index (χ1v) is 13.0. The molecule has 8 rings (SSSR count). The van der Waals surface area contributed by atoms with Gasteiger partial charge in [0.2, 0.25) is 5.78 Å². The van der Waals surface area contributed by atoms with Gasteiger partial charge < -0.3 is 4.74 Å².